The van der Waals surface area contributed by atoms with Crippen LogP contribution in [-0.4, -0.2) is 29.4 Å². The van der Waals surface area contributed by atoms with E-state index in [0.717, 1.165) is 5.56 Å². The summed E-state index contributed by atoms with van der Waals surface area (Å²) >= 11 is 0. The topological polar surface area (TPSA) is 74.4 Å². The molecule has 3 N–H and O–H groups in total. The Morgan fingerprint density at radius 1 is 1.69 bits per heavy atom. The standard InChI is InChI=1S/C8H12N2O3/c11-3-4-13-8(12)10-6-7-1-2-9-5-7/h1-2,5,9,11H,3-4,6H2,(H,10,12). The summed E-state index contributed by atoms with van der Waals surface area (Å²) in [6, 6.07) is 1.85. The fourth-order valence-corrected chi connectivity index (χ4v) is 0.832. The monoisotopic (exact) mass is 184 g/mol. The highest BCUT2D eigenvalue weighted by Crippen LogP contribution is 1.94. The van der Waals surface area contributed by atoms with Crippen LogP contribution in [0.1, 0.15) is 5.56 Å². The van der Waals surface area contributed by atoms with Crippen molar-refractivity contribution in [3.8, 4) is 0 Å². The zero-order valence-electron chi connectivity index (χ0n) is 7.12. The van der Waals surface area contributed by atoms with Crippen LogP contribution in [0.2, 0.25) is 0 Å². The third kappa shape index (κ3) is 3.62. The van der Waals surface area contributed by atoms with Gasteiger partial charge in [0.15, 0.2) is 0 Å². The van der Waals surface area contributed by atoms with E-state index in [1.54, 1.807) is 12.4 Å². The number of aromatic amines is 1. The Hall–Kier alpha value is -1.49. The summed E-state index contributed by atoms with van der Waals surface area (Å²) in [6.07, 6.45) is 3.04. The molecule has 1 rings (SSSR count). The van der Waals surface area contributed by atoms with Gasteiger partial charge in [-0.1, -0.05) is 0 Å². The molecule has 0 aliphatic heterocycles. The molecule has 1 aromatic rings. The normalized spacial score (nSPS) is 9.62. The number of ether oxygens (including phenoxy) is 1. The van der Waals surface area contributed by atoms with Crippen molar-refractivity contribution in [2.75, 3.05) is 13.2 Å². The number of H-pyrrole nitrogens is 1. The van der Waals surface area contributed by atoms with Crippen LogP contribution in [0.15, 0.2) is 18.5 Å². The lowest BCUT2D eigenvalue weighted by Gasteiger charge is -2.03. The van der Waals surface area contributed by atoms with E-state index in [-0.39, 0.29) is 13.2 Å². The molecule has 5 nitrogen and oxygen atoms in total. The predicted octanol–water partition coefficient (Wildman–Crippen LogP) is 0.233. The molecule has 0 atom stereocenters. The van der Waals surface area contributed by atoms with E-state index < -0.39 is 6.09 Å². The fourth-order valence-electron chi connectivity index (χ4n) is 0.832. The van der Waals surface area contributed by atoms with E-state index >= 15 is 0 Å². The van der Waals surface area contributed by atoms with Crippen molar-refractivity contribution in [1.29, 1.82) is 0 Å². The van der Waals surface area contributed by atoms with Crippen LogP contribution in [0.5, 0.6) is 0 Å². The van der Waals surface area contributed by atoms with Crippen molar-refractivity contribution in [3.63, 3.8) is 0 Å². The largest absolute Gasteiger partial charge is 0.447 e. The van der Waals surface area contributed by atoms with Gasteiger partial charge >= 0.3 is 6.09 Å². The summed E-state index contributed by atoms with van der Waals surface area (Å²) in [7, 11) is 0. The molecule has 0 unspecified atom stereocenters. The molecular weight excluding hydrogens is 172 g/mol. The second kappa shape index (κ2) is 5.21. The molecule has 0 aliphatic carbocycles. The van der Waals surface area contributed by atoms with E-state index in [9.17, 15) is 4.79 Å². The van der Waals surface area contributed by atoms with Crippen LogP contribution in [0.4, 0.5) is 4.79 Å². The average Bonchev–Trinajstić information content (AvgIpc) is 2.64. The Labute approximate surface area is 75.7 Å². The number of alkyl carbamates (subject to hydrolysis) is 1. The van der Waals surface area contributed by atoms with Crippen LogP contribution >= 0.6 is 0 Å². The maximum atomic E-state index is 10.8. The van der Waals surface area contributed by atoms with Gasteiger partial charge in [-0.05, 0) is 11.6 Å². The number of hydrogen-bond donors (Lipinski definition) is 3. The van der Waals surface area contributed by atoms with Gasteiger partial charge in [-0.15, -0.1) is 0 Å². The SMILES string of the molecule is O=C(NCc1cc[nH]c1)OCCO. The maximum absolute atomic E-state index is 10.8. The molecule has 0 spiro atoms. The van der Waals surface area contributed by atoms with Gasteiger partial charge in [0.05, 0.1) is 6.61 Å². The minimum absolute atomic E-state index is 0.0268. The molecule has 0 aliphatic rings. The zero-order valence-corrected chi connectivity index (χ0v) is 7.12. The van der Waals surface area contributed by atoms with Gasteiger partial charge in [0.25, 0.3) is 0 Å². The van der Waals surface area contributed by atoms with Crippen molar-refractivity contribution in [1.82, 2.24) is 10.3 Å². The summed E-state index contributed by atoms with van der Waals surface area (Å²) in [4.78, 5) is 13.7. The number of carbonyl (C=O) groups is 1. The quantitative estimate of drug-likeness (QED) is 0.627. The first kappa shape index (κ1) is 9.60. The van der Waals surface area contributed by atoms with Crippen molar-refractivity contribution in [2.45, 2.75) is 6.54 Å². The number of hydrogen-bond acceptors (Lipinski definition) is 3. The Bertz CT molecular complexity index is 246. The fraction of sp³-hybridized carbons (Fsp3) is 0.375. The van der Waals surface area contributed by atoms with E-state index in [1.165, 1.54) is 0 Å². The summed E-state index contributed by atoms with van der Waals surface area (Å²) in [5.41, 5.74) is 0.973. The number of nitrogens with one attached hydrogen (secondary N) is 2. The summed E-state index contributed by atoms with van der Waals surface area (Å²) < 4.78 is 4.58. The van der Waals surface area contributed by atoms with Gasteiger partial charge in [-0.2, -0.15) is 0 Å². The summed E-state index contributed by atoms with van der Waals surface area (Å²) in [6.45, 7) is 0.296. The molecule has 0 fully saturated rings. The number of aliphatic hydroxyl groups is 1. The number of rotatable bonds is 4. The lowest BCUT2D eigenvalue weighted by atomic mass is 10.3. The molecule has 1 heterocycles. The third-order valence-corrected chi connectivity index (χ3v) is 1.42. The molecule has 72 valence electrons. The van der Waals surface area contributed by atoms with E-state index in [0.29, 0.717) is 6.54 Å². The van der Waals surface area contributed by atoms with Gasteiger partial charge in [0.2, 0.25) is 0 Å². The van der Waals surface area contributed by atoms with Crippen molar-refractivity contribution in [2.24, 2.45) is 0 Å². The highest BCUT2D eigenvalue weighted by molar-refractivity contribution is 5.67. The number of amides is 1. The first-order valence-corrected chi connectivity index (χ1v) is 3.96. The van der Waals surface area contributed by atoms with Crippen LogP contribution in [-0.2, 0) is 11.3 Å². The first-order chi connectivity index (χ1) is 6.33. The molecule has 0 saturated heterocycles. The lowest BCUT2D eigenvalue weighted by Crippen LogP contribution is -2.24. The first-order valence-electron chi connectivity index (χ1n) is 3.96. The summed E-state index contributed by atoms with van der Waals surface area (Å²) in [5.74, 6) is 0. The van der Waals surface area contributed by atoms with Crippen molar-refractivity contribution in [3.05, 3.63) is 24.0 Å². The molecule has 0 aromatic carbocycles. The van der Waals surface area contributed by atoms with Gasteiger partial charge in [-0.25, -0.2) is 4.79 Å². The Morgan fingerprint density at radius 3 is 3.15 bits per heavy atom. The smallest absolute Gasteiger partial charge is 0.407 e. The van der Waals surface area contributed by atoms with Crippen LogP contribution in [0.25, 0.3) is 0 Å². The Morgan fingerprint density at radius 2 is 2.54 bits per heavy atom. The van der Waals surface area contributed by atoms with Gasteiger partial charge in [-0.3, -0.25) is 0 Å². The second-order valence-electron chi connectivity index (χ2n) is 2.43. The average molecular weight is 184 g/mol. The molecule has 1 aromatic heterocycles. The number of aromatic nitrogens is 1. The molecule has 1 amide bonds. The van der Waals surface area contributed by atoms with Crippen LogP contribution in [0, 0.1) is 0 Å². The molecule has 0 saturated carbocycles. The minimum atomic E-state index is -0.518. The Kier molecular flexibility index (Phi) is 3.84. The molecule has 5 heteroatoms. The third-order valence-electron chi connectivity index (χ3n) is 1.42. The highest BCUT2D eigenvalue weighted by atomic mass is 16.6. The highest BCUT2D eigenvalue weighted by Gasteiger charge is 2.00. The van der Waals surface area contributed by atoms with Crippen LogP contribution in [0.3, 0.4) is 0 Å². The minimum Gasteiger partial charge on any atom is -0.447 e. The Balaban J connectivity index is 2.15. The molecule has 0 bridgehead atoms. The number of aliphatic hydroxyl groups excluding tert-OH is 1. The lowest BCUT2D eigenvalue weighted by molar-refractivity contribution is 0.119. The molecule has 0 radical (unpaired) electrons. The van der Waals surface area contributed by atoms with Crippen LogP contribution < -0.4 is 5.32 Å². The molecular formula is C8H12N2O3. The maximum Gasteiger partial charge on any atom is 0.407 e. The van der Waals surface area contributed by atoms with E-state index in [1.807, 2.05) is 6.07 Å². The van der Waals surface area contributed by atoms with Crippen molar-refractivity contribution >= 4 is 6.09 Å². The van der Waals surface area contributed by atoms with Gasteiger partial charge < -0.3 is 20.1 Å². The molecule has 13 heavy (non-hydrogen) atoms. The van der Waals surface area contributed by atoms with Gasteiger partial charge in [0.1, 0.15) is 6.61 Å². The van der Waals surface area contributed by atoms with E-state index in [4.69, 9.17) is 5.11 Å². The van der Waals surface area contributed by atoms with Gasteiger partial charge in [0, 0.05) is 18.9 Å². The zero-order chi connectivity index (χ0) is 9.52. The predicted molar refractivity (Wildman–Crippen MR) is 46.1 cm³/mol. The van der Waals surface area contributed by atoms with E-state index in [2.05, 4.69) is 15.0 Å². The second-order valence-corrected chi connectivity index (χ2v) is 2.43. The number of carbonyl (C=O) groups excluding carboxylic acids is 1. The summed E-state index contributed by atoms with van der Waals surface area (Å²) in [5, 5.41) is 10.9. The van der Waals surface area contributed by atoms with Crippen molar-refractivity contribution < 1.29 is 14.6 Å².